The van der Waals surface area contributed by atoms with Crippen molar-refractivity contribution >= 4 is 17.7 Å². The summed E-state index contributed by atoms with van der Waals surface area (Å²) >= 11 is 1.67. The van der Waals surface area contributed by atoms with Gasteiger partial charge in [0.25, 0.3) is 5.91 Å². The van der Waals surface area contributed by atoms with E-state index in [9.17, 15) is 9.18 Å². The first-order valence-electron chi connectivity index (χ1n) is 6.84. The summed E-state index contributed by atoms with van der Waals surface area (Å²) in [5.41, 5.74) is 1.55. The second-order valence-corrected chi connectivity index (χ2v) is 6.59. The van der Waals surface area contributed by atoms with Gasteiger partial charge in [-0.3, -0.25) is 4.79 Å². The van der Waals surface area contributed by atoms with Crippen molar-refractivity contribution in [2.75, 3.05) is 0 Å². The van der Waals surface area contributed by atoms with Gasteiger partial charge < -0.3 is 5.32 Å². The van der Waals surface area contributed by atoms with Crippen LogP contribution in [0.25, 0.3) is 0 Å². The van der Waals surface area contributed by atoms with E-state index in [0.717, 1.165) is 10.5 Å². The van der Waals surface area contributed by atoms with Gasteiger partial charge in [0.2, 0.25) is 0 Å². The number of benzene rings is 2. The molecule has 0 saturated carbocycles. The number of hydrogen-bond acceptors (Lipinski definition) is 2. The Bertz CT molecular complexity index is 610. The summed E-state index contributed by atoms with van der Waals surface area (Å²) < 4.78 is 12.8. The molecule has 0 fully saturated rings. The number of carbonyl (C=O) groups excluding carboxylic acids is 1. The Morgan fingerprint density at radius 3 is 2.48 bits per heavy atom. The quantitative estimate of drug-likeness (QED) is 0.836. The zero-order valence-corrected chi connectivity index (χ0v) is 12.9. The van der Waals surface area contributed by atoms with Crippen LogP contribution in [0.1, 0.15) is 29.8 Å². The van der Waals surface area contributed by atoms with E-state index in [2.05, 4.69) is 19.2 Å². The number of hydrogen-bond donors (Lipinski definition) is 1. The standard InChI is InChI=1S/C17H18FNOS/c1-12(2)21-16-6-4-3-5-15(16)17(20)19-11-13-7-9-14(18)10-8-13/h3-10,12H,11H2,1-2H3,(H,19,20). The summed E-state index contributed by atoms with van der Waals surface area (Å²) in [4.78, 5) is 13.3. The van der Waals surface area contributed by atoms with Crippen molar-refractivity contribution in [2.24, 2.45) is 0 Å². The Balaban J connectivity index is 2.05. The SMILES string of the molecule is CC(C)Sc1ccccc1C(=O)NCc1ccc(F)cc1. The third kappa shape index (κ3) is 4.60. The zero-order chi connectivity index (χ0) is 15.2. The molecule has 0 aliphatic carbocycles. The van der Waals surface area contributed by atoms with Crippen LogP contribution in [0.2, 0.25) is 0 Å². The van der Waals surface area contributed by atoms with Crippen molar-refractivity contribution in [1.29, 1.82) is 0 Å². The highest BCUT2D eigenvalue weighted by atomic mass is 32.2. The van der Waals surface area contributed by atoms with E-state index in [1.807, 2.05) is 24.3 Å². The van der Waals surface area contributed by atoms with E-state index in [1.54, 1.807) is 23.9 Å². The van der Waals surface area contributed by atoms with Crippen LogP contribution in [0.4, 0.5) is 4.39 Å². The average molecular weight is 303 g/mol. The van der Waals surface area contributed by atoms with Crippen LogP contribution in [0.5, 0.6) is 0 Å². The first kappa shape index (κ1) is 15.6. The second kappa shape index (κ2) is 7.27. The van der Waals surface area contributed by atoms with E-state index in [1.165, 1.54) is 12.1 Å². The molecule has 4 heteroatoms. The van der Waals surface area contributed by atoms with Gasteiger partial charge in [-0.2, -0.15) is 0 Å². The fourth-order valence-electron chi connectivity index (χ4n) is 1.89. The molecule has 0 spiro atoms. The molecule has 1 amide bonds. The minimum absolute atomic E-state index is 0.108. The summed E-state index contributed by atoms with van der Waals surface area (Å²) in [6, 6.07) is 13.7. The van der Waals surface area contributed by atoms with Gasteiger partial charge in [-0.1, -0.05) is 38.1 Å². The van der Waals surface area contributed by atoms with Gasteiger partial charge >= 0.3 is 0 Å². The van der Waals surface area contributed by atoms with Crippen molar-refractivity contribution in [3.05, 3.63) is 65.5 Å². The van der Waals surface area contributed by atoms with Crippen molar-refractivity contribution in [2.45, 2.75) is 30.5 Å². The Kier molecular flexibility index (Phi) is 5.39. The van der Waals surface area contributed by atoms with Crippen LogP contribution in [0.3, 0.4) is 0 Å². The highest BCUT2D eigenvalue weighted by Gasteiger charge is 2.12. The van der Waals surface area contributed by atoms with Crippen LogP contribution >= 0.6 is 11.8 Å². The van der Waals surface area contributed by atoms with Crippen LogP contribution in [-0.2, 0) is 6.54 Å². The first-order valence-corrected chi connectivity index (χ1v) is 7.72. The summed E-state index contributed by atoms with van der Waals surface area (Å²) in [7, 11) is 0. The fourth-order valence-corrected chi connectivity index (χ4v) is 2.84. The van der Waals surface area contributed by atoms with Crippen LogP contribution < -0.4 is 5.32 Å². The Labute approximate surface area is 128 Å². The maximum atomic E-state index is 12.8. The molecular formula is C17H18FNOS. The lowest BCUT2D eigenvalue weighted by molar-refractivity contribution is 0.0948. The molecule has 0 saturated heterocycles. The molecule has 0 aliphatic rings. The van der Waals surface area contributed by atoms with Gasteiger partial charge in [0.1, 0.15) is 5.82 Å². The molecular weight excluding hydrogens is 285 g/mol. The molecule has 0 unspecified atom stereocenters. The third-order valence-electron chi connectivity index (χ3n) is 2.86. The normalized spacial score (nSPS) is 10.7. The monoisotopic (exact) mass is 303 g/mol. The number of rotatable bonds is 5. The predicted octanol–water partition coefficient (Wildman–Crippen LogP) is 4.26. The summed E-state index contributed by atoms with van der Waals surface area (Å²) in [5.74, 6) is -0.383. The number of nitrogens with one attached hydrogen (secondary N) is 1. The zero-order valence-electron chi connectivity index (χ0n) is 12.1. The van der Waals surface area contributed by atoms with Gasteiger partial charge in [0, 0.05) is 16.7 Å². The largest absolute Gasteiger partial charge is 0.348 e. The summed E-state index contributed by atoms with van der Waals surface area (Å²) in [6.07, 6.45) is 0. The number of amides is 1. The first-order chi connectivity index (χ1) is 10.1. The molecule has 2 nitrogen and oxygen atoms in total. The van der Waals surface area contributed by atoms with E-state index < -0.39 is 0 Å². The topological polar surface area (TPSA) is 29.1 Å². The van der Waals surface area contributed by atoms with Crippen molar-refractivity contribution in [1.82, 2.24) is 5.32 Å². The number of halogens is 1. The molecule has 0 heterocycles. The molecule has 2 aromatic rings. The van der Waals surface area contributed by atoms with Crippen molar-refractivity contribution in [3.63, 3.8) is 0 Å². The lowest BCUT2D eigenvalue weighted by atomic mass is 10.2. The Hall–Kier alpha value is -1.81. The maximum Gasteiger partial charge on any atom is 0.252 e. The van der Waals surface area contributed by atoms with E-state index in [4.69, 9.17) is 0 Å². The van der Waals surface area contributed by atoms with E-state index >= 15 is 0 Å². The molecule has 0 radical (unpaired) electrons. The lowest BCUT2D eigenvalue weighted by Gasteiger charge is -2.11. The molecule has 1 N–H and O–H groups in total. The number of thioether (sulfide) groups is 1. The third-order valence-corrected chi connectivity index (χ3v) is 3.94. The second-order valence-electron chi connectivity index (χ2n) is 4.97. The van der Waals surface area contributed by atoms with Crippen LogP contribution in [0, 0.1) is 5.82 Å². The molecule has 0 bridgehead atoms. The molecule has 21 heavy (non-hydrogen) atoms. The molecule has 2 aromatic carbocycles. The molecule has 110 valence electrons. The Morgan fingerprint density at radius 1 is 1.14 bits per heavy atom. The summed E-state index contributed by atoms with van der Waals surface area (Å²) in [6.45, 7) is 4.58. The molecule has 2 rings (SSSR count). The minimum atomic E-state index is -0.274. The van der Waals surface area contributed by atoms with Crippen molar-refractivity contribution in [3.8, 4) is 0 Å². The van der Waals surface area contributed by atoms with Crippen LogP contribution in [-0.4, -0.2) is 11.2 Å². The molecule has 0 aromatic heterocycles. The highest BCUT2D eigenvalue weighted by molar-refractivity contribution is 8.00. The number of carbonyl (C=O) groups is 1. The minimum Gasteiger partial charge on any atom is -0.348 e. The lowest BCUT2D eigenvalue weighted by Crippen LogP contribution is -2.23. The van der Waals surface area contributed by atoms with Gasteiger partial charge in [-0.05, 0) is 29.8 Å². The van der Waals surface area contributed by atoms with E-state index in [-0.39, 0.29) is 11.7 Å². The predicted molar refractivity (Wildman–Crippen MR) is 85.0 cm³/mol. The maximum absolute atomic E-state index is 12.8. The smallest absolute Gasteiger partial charge is 0.252 e. The van der Waals surface area contributed by atoms with Gasteiger partial charge in [-0.15, -0.1) is 11.8 Å². The van der Waals surface area contributed by atoms with Crippen LogP contribution in [0.15, 0.2) is 53.4 Å². The summed E-state index contributed by atoms with van der Waals surface area (Å²) in [5, 5.41) is 3.29. The average Bonchev–Trinajstić information content (AvgIpc) is 2.46. The van der Waals surface area contributed by atoms with Gasteiger partial charge in [0.05, 0.1) is 5.56 Å². The molecule has 0 atom stereocenters. The van der Waals surface area contributed by atoms with E-state index in [0.29, 0.717) is 17.4 Å². The van der Waals surface area contributed by atoms with Gasteiger partial charge in [0.15, 0.2) is 0 Å². The van der Waals surface area contributed by atoms with Gasteiger partial charge in [-0.25, -0.2) is 4.39 Å². The molecule has 0 aliphatic heterocycles. The Morgan fingerprint density at radius 2 is 1.81 bits per heavy atom. The highest BCUT2D eigenvalue weighted by Crippen LogP contribution is 2.26. The fraction of sp³-hybridized carbons (Fsp3) is 0.235. The van der Waals surface area contributed by atoms with Crippen molar-refractivity contribution < 1.29 is 9.18 Å².